The maximum absolute atomic E-state index is 12.4. The Labute approximate surface area is 136 Å². The summed E-state index contributed by atoms with van der Waals surface area (Å²) in [7, 11) is 0. The van der Waals surface area contributed by atoms with Gasteiger partial charge in [0.2, 0.25) is 5.91 Å². The summed E-state index contributed by atoms with van der Waals surface area (Å²) in [6.45, 7) is 1.95. The Kier molecular flexibility index (Phi) is 5.06. The molecular formula is C15H15BrClNO3. The second-order valence-corrected chi connectivity index (χ2v) is 6.45. The standard InChI is InChI=1S/C15H15BrClNO3/c1-8-2-5-13(12(16)6-8)18-14(19)11-7-9(17)3-4-10(11)15(20)21/h2-3,5-6,10-11H,4,7H2,1H3,(H,18,19)(H,20,21). The van der Waals surface area contributed by atoms with Gasteiger partial charge in [0.25, 0.3) is 0 Å². The smallest absolute Gasteiger partial charge is 0.307 e. The monoisotopic (exact) mass is 371 g/mol. The van der Waals surface area contributed by atoms with E-state index in [1.54, 1.807) is 12.1 Å². The summed E-state index contributed by atoms with van der Waals surface area (Å²) >= 11 is 9.35. The fourth-order valence-electron chi connectivity index (χ4n) is 2.35. The number of allylic oxidation sites excluding steroid dienone is 2. The van der Waals surface area contributed by atoms with Crippen LogP contribution in [0.2, 0.25) is 0 Å². The Morgan fingerprint density at radius 2 is 2.10 bits per heavy atom. The van der Waals surface area contributed by atoms with Crippen LogP contribution in [0.25, 0.3) is 0 Å². The van der Waals surface area contributed by atoms with E-state index in [4.69, 9.17) is 11.6 Å². The fourth-order valence-corrected chi connectivity index (χ4v) is 3.20. The summed E-state index contributed by atoms with van der Waals surface area (Å²) in [6.07, 6.45) is 2.21. The molecule has 112 valence electrons. The van der Waals surface area contributed by atoms with Gasteiger partial charge < -0.3 is 10.4 Å². The number of benzene rings is 1. The molecule has 0 radical (unpaired) electrons. The highest BCUT2D eigenvalue weighted by Gasteiger charge is 2.36. The molecule has 0 saturated carbocycles. The molecule has 2 N–H and O–H groups in total. The quantitative estimate of drug-likeness (QED) is 0.845. The van der Waals surface area contributed by atoms with Crippen LogP contribution in [0.15, 0.2) is 33.8 Å². The number of amides is 1. The van der Waals surface area contributed by atoms with E-state index in [0.29, 0.717) is 10.7 Å². The third kappa shape index (κ3) is 3.86. The van der Waals surface area contributed by atoms with Crippen molar-refractivity contribution in [1.29, 1.82) is 0 Å². The third-order valence-corrected chi connectivity index (χ3v) is 4.50. The van der Waals surface area contributed by atoms with Crippen molar-refractivity contribution < 1.29 is 14.7 Å². The molecule has 1 aromatic rings. The molecule has 6 heteroatoms. The minimum atomic E-state index is -0.974. The molecule has 0 bridgehead atoms. The lowest BCUT2D eigenvalue weighted by Gasteiger charge is -2.26. The summed E-state index contributed by atoms with van der Waals surface area (Å²) in [5.74, 6) is -2.69. The first-order valence-corrected chi connectivity index (χ1v) is 7.70. The highest BCUT2D eigenvalue weighted by Crippen LogP contribution is 2.33. The van der Waals surface area contributed by atoms with Gasteiger partial charge in [-0.2, -0.15) is 0 Å². The Balaban J connectivity index is 2.18. The van der Waals surface area contributed by atoms with E-state index in [1.165, 1.54) is 0 Å². The van der Waals surface area contributed by atoms with E-state index in [-0.39, 0.29) is 18.7 Å². The average molecular weight is 373 g/mol. The van der Waals surface area contributed by atoms with Gasteiger partial charge in [0.15, 0.2) is 0 Å². The van der Waals surface area contributed by atoms with E-state index in [0.717, 1.165) is 10.0 Å². The summed E-state index contributed by atoms with van der Waals surface area (Å²) in [5, 5.41) is 12.6. The predicted molar refractivity (Wildman–Crippen MR) is 85.3 cm³/mol. The van der Waals surface area contributed by atoms with Gasteiger partial charge in [-0.25, -0.2) is 0 Å². The molecule has 21 heavy (non-hydrogen) atoms. The van der Waals surface area contributed by atoms with E-state index >= 15 is 0 Å². The maximum Gasteiger partial charge on any atom is 0.307 e. The van der Waals surface area contributed by atoms with E-state index in [9.17, 15) is 14.7 Å². The van der Waals surface area contributed by atoms with Gasteiger partial charge in [-0.1, -0.05) is 23.7 Å². The number of carboxylic acid groups (broad SMARTS) is 1. The highest BCUT2D eigenvalue weighted by molar-refractivity contribution is 9.10. The number of halogens is 2. The molecule has 1 aliphatic rings. The lowest BCUT2D eigenvalue weighted by Crippen LogP contribution is -2.35. The number of aryl methyl sites for hydroxylation is 1. The van der Waals surface area contributed by atoms with Gasteiger partial charge >= 0.3 is 5.97 Å². The molecule has 0 aliphatic heterocycles. The molecule has 2 unspecified atom stereocenters. The van der Waals surface area contributed by atoms with Crippen molar-refractivity contribution in [1.82, 2.24) is 0 Å². The molecule has 0 spiro atoms. The zero-order valence-corrected chi connectivity index (χ0v) is 13.7. The third-order valence-electron chi connectivity index (χ3n) is 3.53. The van der Waals surface area contributed by atoms with Crippen LogP contribution in [-0.4, -0.2) is 17.0 Å². The first kappa shape index (κ1) is 16.0. The molecule has 1 aliphatic carbocycles. The fraction of sp³-hybridized carbons (Fsp3) is 0.333. The van der Waals surface area contributed by atoms with Crippen LogP contribution >= 0.6 is 27.5 Å². The second kappa shape index (κ2) is 6.62. The normalized spacial score (nSPS) is 21.6. The van der Waals surface area contributed by atoms with Gasteiger partial charge in [0.05, 0.1) is 17.5 Å². The molecule has 2 rings (SSSR count). The van der Waals surface area contributed by atoms with Crippen LogP contribution in [0.1, 0.15) is 18.4 Å². The first-order valence-electron chi connectivity index (χ1n) is 6.53. The van der Waals surface area contributed by atoms with Crippen LogP contribution in [0.3, 0.4) is 0 Å². The predicted octanol–water partition coefficient (Wildman–Crippen LogP) is 3.93. The molecule has 0 saturated heterocycles. The zero-order valence-electron chi connectivity index (χ0n) is 11.4. The van der Waals surface area contributed by atoms with Crippen LogP contribution in [0.5, 0.6) is 0 Å². The number of rotatable bonds is 3. The Morgan fingerprint density at radius 1 is 1.38 bits per heavy atom. The number of carbonyl (C=O) groups excluding carboxylic acids is 1. The summed E-state index contributed by atoms with van der Waals surface area (Å²) < 4.78 is 0.764. The van der Waals surface area contributed by atoms with Gasteiger partial charge in [0, 0.05) is 9.51 Å². The van der Waals surface area contributed by atoms with Crippen molar-refractivity contribution >= 4 is 45.1 Å². The van der Waals surface area contributed by atoms with Crippen molar-refractivity contribution in [3.63, 3.8) is 0 Å². The van der Waals surface area contributed by atoms with Crippen molar-refractivity contribution in [2.45, 2.75) is 19.8 Å². The number of hydrogen-bond donors (Lipinski definition) is 2. The topological polar surface area (TPSA) is 66.4 Å². The lowest BCUT2D eigenvalue weighted by molar-refractivity contribution is -0.146. The highest BCUT2D eigenvalue weighted by atomic mass is 79.9. The van der Waals surface area contributed by atoms with Crippen LogP contribution in [0.4, 0.5) is 5.69 Å². The average Bonchev–Trinajstić information content (AvgIpc) is 2.41. The Hall–Kier alpha value is -1.33. The van der Waals surface area contributed by atoms with Crippen LogP contribution in [-0.2, 0) is 9.59 Å². The number of carbonyl (C=O) groups is 2. The number of hydrogen-bond acceptors (Lipinski definition) is 2. The number of anilines is 1. The first-order chi connectivity index (χ1) is 9.88. The maximum atomic E-state index is 12.4. The summed E-state index contributed by atoms with van der Waals surface area (Å²) in [4.78, 5) is 23.7. The van der Waals surface area contributed by atoms with Crippen molar-refractivity contribution in [3.05, 3.63) is 39.3 Å². The van der Waals surface area contributed by atoms with E-state index in [2.05, 4.69) is 21.2 Å². The second-order valence-electron chi connectivity index (χ2n) is 5.11. The number of aliphatic carboxylic acids is 1. The Bertz CT molecular complexity index is 615. The molecular weight excluding hydrogens is 358 g/mol. The van der Waals surface area contributed by atoms with Crippen molar-refractivity contribution in [3.8, 4) is 0 Å². The lowest BCUT2D eigenvalue weighted by atomic mass is 9.82. The van der Waals surface area contributed by atoms with Crippen LogP contribution in [0, 0.1) is 18.8 Å². The largest absolute Gasteiger partial charge is 0.481 e. The Morgan fingerprint density at radius 3 is 2.71 bits per heavy atom. The van der Waals surface area contributed by atoms with Gasteiger partial charge in [-0.15, -0.1) is 0 Å². The minimum Gasteiger partial charge on any atom is -0.481 e. The molecule has 1 aromatic carbocycles. The molecule has 2 atom stereocenters. The molecule has 1 amide bonds. The SMILES string of the molecule is Cc1ccc(NC(=O)C2CC(Cl)=CCC2C(=O)O)c(Br)c1. The molecule has 0 fully saturated rings. The number of nitrogens with one attached hydrogen (secondary N) is 1. The van der Waals surface area contributed by atoms with Gasteiger partial charge in [0.1, 0.15) is 0 Å². The number of carboxylic acids is 1. The van der Waals surface area contributed by atoms with Crippen molar-refractivity contribution in [2.24, 2.45) is 11.8 Å². The molecule has 0 aromatic heterocycles. The van der Waals surface area contributed by atoms with Gasteiger partial charge in [-0.3, -0.25) is 9.59 Å². The molecule has 4 nitrogen and oxygen atoms in total. The van der Waals surface area contributed by atoms with Crippen molar-refractivity contribution in [2.75, 3.05) is 5.32 Å². The van der Waals surface area contributed by atoms with Crippen LogP contribution < -0.4 is 5.32 Å². The molecule has 0 heterocycles. The summed E-state index contributed by atoms with van der Waals surface area (Å²) in [6, 6.07) is 5.55. The summed E-state index contributed by atoms with van der Waals surface area (Å²) in [5.41, 5.74) is 1.69. The minimum absolute atomic E-state index is 0.258. The van der Waals surface area contributed by atoms with Gasteiger partial charge in [-0.05, 0) is 53.4 Å². The zero-order chi connectivity index (χ0) is 15.6. The van der Waals surface area contributed by atoms with E-state index < -0.39 is 17.8 Å². The van der Waals surface area contributed by atoms with E-state index in [1.807, 2.05) is 19.1 Å².